The van der Waals surface area contributed by atoms with Crippen LogP contribution in [0, 0.1) is 0 Å². The fourth-order valence-corrected chi connectivity index (χ4v) is 2.72. The molecule has 3 amide bonds. The van der Waals surface area contributed by atoms with Crippen LogP contribution < -0.4 is 21.1 Å². The molecule has 0 saturated heterocycles. The first-order valence-electron chi connectivity index (χ1n) is 6.12. The minimum atomic E-state index is -0.578. The van der Waals surface area contributed by atoms with E-state index in [4.69, 9.17) is 10.5 Å². The molecule has 0 bridgehead atoms. The number of thiophene rings is 1. The number of nitrogens with one attached hydrogen (secondary N) is 2. The van der Waals surface area contributed by atoms with E-state index in [2.05, 4.69) is 10.6 Å². The number of carbonyl (C=O) groups is 2. The van der Waals surface area contributed by atoms with E-state index in [0.717, 1.165) is 16.2 Å². The third-order valence-electron chi connectivity index (χ3n) is 2.81. The standard InChI is InChI=1S/C14H15N3O3S/c1-16-14(19)17-10-7-11(21-12(10)13(15)18)8-3-5-9(20-2)6-4-8/h3-7H,1-2H3,(H2,15,18)(H2,16,17,19). The molecule has 4 N–H and O–H groups in total. The highest BCUT2D eigenvalue weighted by Crippen LogP contribution is 2.35. The van der Waals surface area contributed by atoms with Gasteiger partial charge in [-0.15, -0.1) is 11.3 Å². The first kappa shape index (κ1) is 14.9. The van der Waals surface area contributed by atoms with Crippen molar-refractivity contribution >= 4 is 29.0 Å². The molecule has 1 aromatic heterocycles. The predicted octanol–water partition coefficient (Wildman–Crippen LogP) is 2.27. The number of rotatable bonds is 4. The van der Waals surface area contributed by atoms with E-state index < -0.39 is 11.9 Å². The number of methoxy groups -OCH3 is 1. The molecule has 2 rings (SSSR count). The average Bonchev–Trinajstić information content (AvgIpc) is 2.91. The van der Waals surface area contributed by atoms with E-state index in [1.807, 2.05) is 24.3 Å². The summed E-state index contributed by atoms with van der Waals surface area (Å²) in [7, 11) is 3.09. The van der Waals surface area contributed by atoms with Gasteiger partial charge >= 0.3 is 6.03 Å². The summed E-state index contributed by atoms with van der Waals surface area (Å²) in [5, 5.41) is 5.02. The molecule has 1 heterocycles. The topological polar surface area (TPSA) is 93.4 Å². The van der Waals surface area contributed by atoms with Crippen LogP contribution in [-0.4, -0.2) is 26.1 Å². The van der Waals surface area contributed by atoms with Gasteiger partial charge in [0, 0.05) is 11.9 Å². The number of amides is 3. The van der Waals surface area contributed by atoms with Crippen molar-refractivity contribution in [1.29, 1.82) is 0 Å². The number of ether oxygens (including phenoxy) is 1. The molecular weight excluding hydrogens is 290 g/mol. The smallest absolute Gasteiger partial charge is 0.319 e. The average molecular weight is 305 g/mol. The third-order valence-corrected chi connectivity index (χ3v) is 4.00. The van der Waals surface area contributed by atoms with Crippen LogP contribution in [0.2, 0.25) is 0 Å². The Morgan fingerprint density at radius 3 is 2.43 bits per heavy atom. The molecule has 0 unspecified atom stereocenters. The monoisotopic (exact) mass is 305 g/mol. The summed E-state index contributed by atoms with van der Waals surface area (Å²) < 4.78 is 5.10. The van der Waals surface area contributed by atoms with Crippen LogP contribution >= 0.6 is 11.3 Å². The van der Waals surface area contributed by atoms with Gasteiger partial charge in [-0.3, -0.25) is 4.79 Å². The number of anilines is 1. The van der Waals surface area contributed by atoms with Crippen LogP contribution in [0.5, 0.6) is 5.75 Å². The Labute approximate surface area is 125 Å². The second-order valence-corrected chi connectivity index (χ2v) is 5.20. The Kier molecular flexibility index (Phi) is 4.44. The van der Waals surface area contributed by atoms with E-state index in [1.165, 1.54) is 18.4 Å². The molecule has 1 aromatic carbocycles. The summed E-state index contributed by atoms with van der Waals surface area (Å²) in [6, 6.07) is 8.71. The summed E-state index contributed by atoms with van der Waals surface area (Å²) in [5.41, 5.74) is 6.66. The molecule has 0 fully saturated rings. The normalized spacial score (nSPS) is 10.0. The van der Waals surface area contributed by atoms with Gasteiger partial charge in [0.2, 0.25) is 0 Å². The summed E-state index contributed by atoms with van der Waals surface area (Å²) >= 11 is 1.23. The van der Waals surface area contributed by atoms with Crippen LogP contribution in [0.15, 0.2) is 30.3 Å². The first-order chi connectivity index (χ1) is 10.0. The summed E-state index contributed by atoms with van der Waals surface area (Å²) in [4.78, 5) is 24.0. The van der Waals surface area contributed by atoms with Crippen LogP contribution in [-0.2, 0) is 0 Å². The van der Waals surface area contributed by atoms with E-state index in [-0.39, 0.29) is 0 Å². The zero-order valence-electron chi connectivity index (χ0n) is 11.6. The Hall–Kier alpha value is -2.54. The molecule has 7 heteroatoms. The summed E-state index contributed by atoms with van der Waals surface area (Å²) in [5.74, 6) is 0.167. The van der Waals surface area contributed by atoms with Gasteiger partial charge in [-0.25, -0.2) is 4.79 Å². The van der Waals surface area contributed by atoms with Crippen molar-refractivity contribution in [2.75, 3.05) is 19.5 Å². The minimum Gasteiger partial charge on any atom is -0.497 e. The molecule has 0 aliphatic rings. The maximum atomic E-state index is 11.5. The molecule has 0 atom stereocenters. The van der Waals surface area contributed by atoms with Gasteiger partial charge < -0.3 is 21.1 Å². The number of primary amides is 1. The predicted molar refractivity (Wildman–Crippen MR) is 82.9 cm³/mol. The quantitative estimate of drug-likeness (QED) is 0.809. The lowest BCUT2D eigenvalue weighted by molar-refractivity contribution is 0.100. The molecule has 2 aromatic rings. The molecule has 6 nitrogen and oxygen atoms in total. The van der Waals surface area contributed by atoms with Crippen molar-refractivity contribution in [1.82, 2.24) is 5.32 Å². The fourth-order valence-electron chi connectivity index (χ4n) is 1.75. The highest BCUT2D eigenvalue weighted by atomic mass is 32.1. The minimum absolute atomic E-state index is 0.310. The Morgan fingerprint density at radius 1 is 1.24 bits per heavy atom. The maximum absolute atomic E-state index is 11.5. The zero-order valence-corrected chi connectivity index (χ0v) is 12.4. The lowest BCUT2D eigenvalue weighted by Gasteiger charge is -2.02. The molecule has 0 aliphatic carbocycles. The number of hydrogen-bond donors (Lipinski definition) is 3. The van der Waals surface area contributed by atoms with E-state index in [0.29, 0.717) is 10.6 Å². The van der Waals surface area contributed by atoms with Crippen molar-refractivity contribution in [2.24, 2.45) is 5.73 Å². The van der Waals surface area contributed by atoms with Crippen molar-refractivity contribution in [2.45, 2.75) is 0 Å². The van der Waals surface area contributed by atoms with Crippen molar-refractivity contribution < 1.29 is 14.3 Å². The molecule has 0 aliphatic heterocycles. The Morgan fingerprint density at radius 2 is 1.90 bits per heavy atom. The van der Waals surface area contributed by atoms with Gasteiger partial charge in [-0.05, 0) is 35.9 Å². The Balaban J connectivity index is 2.37. The molecule has 0 radical (unpaired) electrons. The van der Waals surface area contributed by atoms with E-state index in [1.54, 1.807) is 13.2 Å². The van der Waals surface area contributed by atoms with Crippen LogP contribution in [0.1, 0.15) is 9.67 Å². The van der Waals surface area contributed by atoms with Gasteiger partial charge in [-0.2, -0.15) is 0 Å². The summed E-state index contributed by atoms with van der Waals surface area (Å²) in [6.45, 7) is 0. The third kappa shape index (κ3) is 3.32. The Bertz CT molecular complexity index is 665. The van der Waals surface area contributed by atoms with Crippen LogP contribution in [0.3, 0.4) is 0 Å². The first-order valence-corrected chi connectivity index (χ1v) is 6.93. The molecular formula is C14H15N3O3S. The van der Waals surface area contributed by atoms with Gasteiger partial charge in [0.05, 0.1) is 12.8 Å². The second-order valence-electron chi connectivity index (χ2n) is 4.15. The van der Waals surface area contributed by atoms with Crippen molar-refractivity contribution in [3.05, 3.63) is 35.2 Å². The number of urea groups is 1. The highest BCUT2D eigenvalue weighted by Gasteiger charge is 2.16. The molecule has 110 valence electrons. The molecule has 21 heavy (non-hydrogen) atoms. The lowest BCUT2D eigenvalue weighted by Crippen LogP contribution is -2.25. The van der Waals surface area contributed by atoms with E-state index in [9.17, 15) is 9.59 Å². The second kappa shape index (κ2) is 6.27. The van der Waals surface area contributed by atoms with Crippen LogP contribution in [0.4, 0.5) is 10.5 Å². The fraction of sp³-hybridized carbons (Fsp3) is 0.143. The van der Waals surface area contributed by atoms with Crippen molar-refractivity contribution in [3.8, 4) is 16.2 Å². The maximum Gasteiger partial charge on any atom is 0.319 e. The largest absolute Gasteiger partial charge is 0.497 e. The number of hydrogen-bond acceptors (Lipinski definition) is 4. The van der Waals surface area contributed by atoms with Gasteiger partial charge in [-0.1, -0.05) is 0 Å². The number of carbonyl (C=O) groups excluding carboxylic acids is 2. The molecule has 0 saturated carbocycles. The van der Waals surface area contributed by atoms with Gasteiger partial charge in [0.15, 0.2) is 0 Å². The van der Waals surface area contributed by atoms with Gasteiger partial charge in [0.25, 0.3) is 5.91 Å². The van der Waals surface area contributed by atoms with Crippen molar-refractivity contribution in [3.63, 3.8) is 0 Å². The number of benzene rings is 1. The highest BCUT2D eigenvalue weighted by molar-refractivity contribution is 7.18. The SMILES string of the molecule is CNC(=O)Nc1cc(-c2ccc(OC)cc2)sc1C(N)=O. The van der Waals surface area contributed by atoms with E-state index >= 15 is 0 Å². The van der Waals surface area contributed by atoms with Gasteiger partial charge in [0.1, 0.15) is 10.6 Å². The lowest BCUT2D eigenvalue weighted by atomic mass is 10.2. The van der Waals surface area contributed by atoms with Crippen LogP contribution in [0.25, 0.3) is 10.4 Å². The number of nitrogens with two attached hydrogens (primary N) is 1. The summed E-state index contributed by atoms with van der Waals surface area (Å²) in [6.07, 6.45) is 0. The zero-order chi connectivity index (χ0) is 15.4. The molecule has 0 spiro atoms.